The molecule has 0 radical (unpaired) electrons. The van der Waals surface area contributed by atoms with Crippen LogP contribution in [-0.4, -0.2) is 46.3 Å². The number of terminal acetylenes is 1. The van der Waals surface area contributed by atoms with E-state index in [1.165, 1.54) is 0 Å². The van der Waals surface area contributed by atoms with Crippen molar-refractivity contribution in [3.8, 4) is 12.3 Å². The Morgan fingerprint density at radius 1 is 1.50 bits per heavy atom. The zero-order valence-electron chi connectivity index (χ0n) is 9.43. The fourth-order valence-electron chi connectivity index (χ4n) is 2.02. The molecule has 0 spiro atoms. The first-order chi connectivity index (χ1) is 7.69. The lowest BCUT2D eigenvalue weighted by atomic mass is 10.1. The summed E-state index contributed by atoms with van der Waals surface area (Å²) in [6, 6.07) is -0.213. The Morgan fingerprint density at radius 2 is 2.25 bits per heavy atom. The maximum Gasteiger partial charge on any atom is 0.222 e. The summed E-state index contributed by atoms with van der Waals surface area (Å²) >= 11 is 0. The zero-order chi connectivity index (χ0) is 12.0. The molecule has 1 saturated heterocycles. The van der Waals surface area contributed by atoms with Gasteiger partial charge in [-0.1, -0.05) is 0 Å². The third-order valence-electron chi connectivity index (χ3n) is 2.89. The quantitative estimate of drug-likeness (QED) is 0.516. The van der Waals surface area contributed by atoms with E-state index in [1.54, 1.807) is 4.90 Å². The van der Waals surface area contributed by atoms with Crippen LogP contribution in [0, 0.1) is 12.3 Å². The monoisotopic (exact) mass is 225 g/mol. The lowest BCUT2D eigenvalue weighted by molar-refractivity contribution is -0.133. The van der Waals surface area contributed by atoms with Gasteiger partial charge in [0.05, 0.1) is 18.8 Å². The molecular weight excluding hydrogens is 206 g/mol. The molecule has 2 atom stereocenters. The molecule has 0 unspecified atom stereocenters. The van der Waals surface area contributed by atoms with Crippen LogP contribution in [0.25, 0.3) is 0 Å². The minimum Gasteiger partial charge on any atom is -0.394 e. The van der Waals surface area contributed by atoms with E-state index >= 15 is 0 Å². The van der Waals surface area contributed by atoms with Crippen molar-refractivity contribution >= 4 is 5.91 Å². The number of aliphatic hydroxyl groups excluding tert-OH is 2. The summed E-state index contributed by atoms with van der Waals surface area (Å²) in [7, 11) is 0. The van der Waals surface area contributed by atoms with E-state index in [4.69, 9.17) is 11.5 Å². The number of hydrogen-bond donors (Lipinski definition) is 2. The van der Waals surface area contributed by atoms with Crippen LogP contribution in [0.4, 0.5) is 0 Å². The fourth-order valence-corrected chi connectivity index (χ4v) is 2.02. The molecule has 0 aromatic carbocycles. The first kappa shape index (κ1) is 13.0. The Labute approximate surface area is 96.3 Å². The van der Waals surface area contributed by atoms with Crippen molar-refractivity contribution in [2.75, 3.05) is 13.2 Å². The highest BCUT2D eigenvalue weighted by atomic mass is 16.3. The maximum atomic E-state index is 11.8. The van der Waals surface area contributed by atoms with Crippen molar-refractivity contribution in [3.05, 3.63) is 0 Å². The number of unbranched alkanes of at least 4 members (excludes halogenated alkanes) is 2. The topological polar surface area (TPSA) is 60.8 Å². The maximum absolute atomic E-state index is 11.8. The Balaban J connectivity index is 2.33. The minimum absolute atomic E-state index is 0.00706. The lowest BCUT2D eigenvalue weighted by Gasteiger charge is -2.22. The highest BCUT2D eigenvalue weighted by molar-refractivity contribution is 5.76. The van der Waals surface area contributed by atoms with E-state index in [1.807, 2.05) is 0 Å². The van der Waals surface area contributed by atoms with E-state index in [-0.39, 0.29) is 18.6 Å². The lowest BCUT2D eigenvalue weighted by Crippen LogP contribution is -2.37. The summed E-state index contributed by atoms with van der Waals surface area (Å²) in [6.45, 7) is 0.270. The Morgan fingerprint density at radius 3 is 2.88 bits per heavy atom. The van der Waals surface area contributed by atoms with Gasteiger partial charge in [-0.2, -0.15) is 0 Å². The average molecular weight is 225 g/mol. The summed E-state index contributed by atoms with van der Waals surface area (Å²) in [5.74, 6) is 2.54. The second-order valence-electron chi connectivity index (χ2n) is 4.18. The van der Waals surface area contributed by atoms with E-state index in [2.05, 4.69) is 5.92 Å². The number of nitrogens with zero attached hydrogens (tertiary/aromatic N) is 1. The molecule has 0 saturated carbocycles. The number of aliphatic hydroxyl groups is 2. The van der Waals surface area contributed by atoms with Crippen LogP contribution >= 0.6 is 0 Å². The third-order valence-corrected chi connectivity index (χ3v) is 2.89. The molecule has 1 rings (SSSR count). The number of hydrogen-bond acceptors (Lipinski definition) is 3. The summed E-state index contributed by atoms with van der Waals surface area (Å²) in [6.07, 6.45) is 7.87. The minimum atomic E-state index is -0.494. The average Bonchev–Trinajstić information content (AvgIpc) is 2.65. The SMILES string of the molecule is C#CCCCCC(=O)N1C[C@H](O)C[C@H]1CO. The number of β-amino-alcohol motifs (C(OH)–C–C–N with tert-alkyl or cyclic N) is 1. The molecule has 4 nitrogen and oxygen atoms in total. The van der Waals surface area contributed by atoms with E-state index < -0.39 is 6.10 Å². The molecule has 1 amide bonds. The third kappa shape index (κ3) is 3.51. The highest BCUT2D eigenvalue weighted by Gasteiger charge is 2.33. The molecular formula is C12H19NO3. The van der Waals surface area contributed by atoms with Gasteiger partial charge < -0.3 is 15.1 Å². The van der Waals surface area contributed by atoms with Gasteiger partial charge in [0.25, 0.3) is 0 Å². The first-order valence-electron chi connectivity index (χ1n) is 5.71. The molecule has 0 aromatic rings. The molecule has 1 aliphatic heterocycles. The van der Waals surface area contributed by atoms with Crippen molar-refractivity contribution in [3.63, 3.8) is 0 Å². The van der Waals surface area contributed by atoms with Gasteiger partial charge in [0.15, 0.2) is 0 Å². The molecule has 0 bridgehead atoms. The van der Waals surface area contributed by atoms with Gasteiger partial charge in [0.2, 0.25) is 5.91 Å². The number of likely N-dealkylation sites (tertiary alicyclic amines) is 1. The number of carbonyl (C=O) groups is 1. The zero-order valence-corrected chi connectivity index (χ0v) is 9.43. The van der Waals surface area contributed by atoms with Crippen molar-refractivity contribution < 1.29 is 15.0 Å². The number of amides is 1. The molecule has 1 aliphatic rings. The predicted octanol–water partition coefficient (Wildman–Crippen LogP) is 0.134. The van der Waals surface area contributed by atoms with Crippen molar-refractivity contribution in [2.45, 2.75) is 44.2 Å². The van der Waals surface area contributed by atoms with Gasteiger partial charge in [0, 0.05) is 19.4 Å². The van der Waals surface area contributed by atoms with Gasteiger partial charge in [-0.25, -0.2) is 0 Å². The summed E-state index contributed by atoms with van der Waals surface area (Å²) in [5.41, 5.74) is 0. The second-order valence-corrected chi connectivity index (χ2v) is 4.18. The molecule has 90 valence electrons. The van der Waals surface area contributed by atoms with E-state index in [0.29, 0.717) is 25.8 Å². The summed E-state index contributed by atoms with van der Waals surface area (Å²) in [4.78, 5) is 13.4. The second kappa shape index (κ2) is 6.51. The summed E-state index contributed by atoms with van der Waals surface area (Å²) in [5, 5.41) is 18.5. The van der Waals surface area contributed by atoms with Crippen LogP contribution in [0.15, 0.2) is 0 Å². The highest BCUT2D eigenvalue weighted by Crippen LogP contribution is 2.19. The number of rotatable bonds is 5. The van der Waals surface area contributed by atoms with Crippen LogP contribution in [0.2, 0.25) is 0 Å². The van der Waals surface area contributed by atoms with Gasteiger partial charge in [-0.15, -0.1) is 12.3 Å². The van der Waals surface area contributed by atoms with E-state index in [0.717, 1.165) is 12.8 Å². The molecule has 4 heteroatoms. The van der Waals surface area contributed by atoms with Crippen molar-refractivity contribution in [2.24, 2.45) is 0 Å². The van der Waals surface area contributed by atoms with Crippen LogP contribution < -0.4 is 0 Å². The van der Waals surface area contributed by atoms with Gasteiger partial charge >= 0.3 is 0 Å². The molecule has 1 heterocycles. The van der Waals surface area contributed by atoms with Crippen LogP contribution in [0.1, 0.15) is 32.1 Å². The van der Waals surface area contributed by atoms with Crippen LogP contribution in [0.3, 0.4) is 0 Å². The van der Waals surface area contributed by atoms with Crippen LogP contribution in [0.5, 0.6) is 0 Å². The number of carbonyl (C=O) groups excluding carboxylic acids is 1. The molecule has 16 heavy (non-hydrogen) atoms. The van der Waals surface area contributed by atoms with Gasteiger partial charge in [-0.3, -0.25) is 4.79 Å². The fraction of sp³-hybridized carbons (Fsp3) is 0.750. The Bertz CT molecular complexity index is 272. The van der Waals surface area contributed by atoms with Crippen molar-refractivity contribution in [1.82, 2.24) is 4.90 Å². The normalized spacial score (nSPS) is 24.4. The van der Waals surface area contributed by atoms with Gasteiger partial charge in [-0.05, 0) is 19.3 Å². The molecule has 1 fully saturated rings. The van der Waals surface area contributed by atoms with Gasteiger partial charge in [0.1, 0.15) is 0 Å². The largest absolute Gasteiger partial charge is 0.394 e. The van der Waals surface area contributed by atoms with E-state index in [9.17, 15) is 9.90 Å². The predicted molar refractivity (Wildman–Crippen MR) is 60.5 cm³/mol. The van der Waals surface area contributed by atoms with Crippen LogP contribution in [-0.2, 0) is 4.79 Å². The standard InChI is InChI=1S/C12H19NO3/c1-2-3-4-5-6-12(16)13-8-11(15)7-10(13)9-14/h1,10-11,14-15H,3-9H2/t10-,11+/m0/s1. The summed E-state index contributed by atoms with van der Waals surface area (Å²) < 4.78 is 0. The Hall–Kier alpha value is -1.05. The first-order valence-corrected chi connectivity index (χ1v) is 5.71. The molecule has 0 aromatic heterocycles. The smallest absolute Gasteiger partial charge is 0.222 e. The molecule has 0 aliphatic carbocycles. The molecule has 2 N–H and O–H groups in total. The van der Waals surface area contributed by atoms with Crippen molar-refractivity contribution in [1.29, 1.82) is 0 Å². The Kier molecular flexibility index (Phi) is 5.30.